The van der Waals surface area contributed by atoms with Crippen LogP contribution in [0.25, 0.3) is 11.7 Å². The molecule has 0 aromatic carbocycles. The summed E-state index contributed by atoms with van der Waals surface area (Å²) >= 11 is 0. The topological polar surface area (TPSA) is 83.2 Å². The van der Waals surface area contributed by atoms with Crippen LogP contribution in [0.4, 0.5) is 0 Å². The molecule has 3 rings (SSSR count). The van der Waals surface area contributed by atoms with Gasteiger partial charge < -0.3 is 13.4 Å². The first-order chi connectivity index (χ1) is 11.5. The quantitative estimate of drug-likeness (QED) is 0.649. The number of nitrogens with zero attached hydrogens (tertiary/aromatic N) is 3. The standard InChI is InChI=1S/C17H19N3O4/c1-4-7-19-11(2)9-13(12(19)3)14(21)10-20-17(22)24-16(18-20)15-6-5-8-23-15/h5-6,8-9H,4,7,10H2,1-3H3. The Kier molecular flexibility index (Phi) is 4.24. The number of carbonyl (C=O) groups is 1. The summed E-state index contributed by atoms with van der Waals surface area (Å²) in [5.74, 6) is -0.447. The van der Waals surface area contributed by atoms with Crippen LogP contribution in [0.5, 0.6) is 0 Å². The molecule has 0 amide bonds. The van der Waals surface area contributed by atoms with E-state index in [2.05, 4.69) is 16.6 Å². The fourth-order valence-electron chi connectivity index (χ4n) is 2.78. The van der Waals surface area contributed by atoms with Crippen molar-refractivity contribution in [3.8, 4) is 11.7 Å². The van der Waals surface area contributed by atoms with Gasteiger partial charge in [-0.05, 0) is 38.5 Å². The Morgan fingerprint density at radius 2 is 2.12 bits per heavy atom. The molecule has 0 atom stereocenters. The van der Waals surface area contributed by atoms with Gasteiger partial charge in [0.25, 0.3) is 5.89 Å². The molecule has 0 N–H and O–H groups in total. The van der Waals surface area contributed by atoms with E-state index in [9.17, 15) is 9.59 Å². The molecule has 3 heterocycles. The smallest absolute Gasteiger partial charge is 0.437 e. The Bertz CT molecular complexity index is 912. The van der Waals surface area contributed by atoms with Crippen LogP contribution in [0.2, 0.25) is 0 Å². The predicted molar refractivity (Wildman–Crippen MR) is 87.0 cm³/mol. The highest BCUT2D eigenvalue weighted by Gasteiger charge is 2.19. The lowest BCUT2D eigenvalue weighted by molar-refractivity contribution is 0.0964. The van der Waals surface area contributed by atoms with Crippen LogP contribution in [-0.2, 0) is 13.1 Å². The van der Waals surface area contributed by atoms with E-state index in [4.69, 9.17) is 8.83 Å². The highest BCUT2D eigenvalue weighted by molar-refractivity contribution is 5.97. The molecule has 0 saturated carbocycles. The molecular formula is C17H19N3O4. The van der Waals surface area contributed by atoms with Crippen molar-refractivity contribution in [1.82, 2.24) is 14.3 Å². The van der Waals surface area contributed by atoms with Crippen LogP contribution < -0.4 is 5.76 Å². The third kappa shape index (κ3) is 2.84. The Morgan fingerprint density at radius 1 is 1.33 bits per heavy atom. The zero-order valence-electron chi connectivity index (χ0n) is 13.9. The molecule has 126 valence electrons. The molecule has 0 bridgehead atoms. The van der Waals surface area contributed by atoms with Gasteiger partial charge in [-0.25, -0.2) is 4.79 Å². The molecule has 24 heavy (non-hydrogen) atoms. The molecule has 0 unspecified atom stereocenters. The number of ketones is 1. The second kappa shape index (κ2) is 6.35. The van der Waals surface area contributed by atoms with Crippen molar-refractivity contribution >= 4 is 5.78 Å². The van der Waals surface area contributed by atoms with Gasteiger partial charge in [0.1, 0.15) is 6.54 Å². The average molecular weight is 329 g/mol. The average Bonchev–Trinajstić information content (AvgIpc) is 3.24. The zero-order valence-corrected chi connectivity index (χ0v) is 13.9. The Balaban J connectivity index is 1.86. The fourth-order valence-corrected chi connectivity index (χ4v) is 2.78. The largest absolute Gasteiger partial charge is 0.459 e. The molecule has 0 spiro atoms. The minimum Gasteiger partial charge on any atom is -0.459 e. The molecule has 0 radical (unpaired) electrons. The Hall–Kier alpha value is -2.83. The highest BCUT2D eigenvalue weighted by atomic mass is 16.4. The van der Waals surface area contributed by atoms with Crippen LogP contribution in [-0.4, -0.2) is 20.1 Å². The minimum absolute atomic E-state index is 0.0641. The first-order valence-corrected chi connectivity index (χ1v) is 7.83. The van der Waals surface area contributed by atoms with E-state index in [-0.39, 0.29) is 18.2 Å². The van der Waals surface area contributed by atoms with Crippen LogP contribution >= 0.6 is 0 Å². The van der Waals surface area contributed by atoms with Crippen molar-refractivity contribution in [3.63, 3.8) is 0 Å². The second-order valence-electron chi connectivity index (χ2n) is 5.67. The van der Waals surface area contributed by atoms with E-state index in [0.29, 0.717) is 11.3 Å². The number of rotatable bonds is 6. The third-order valence-electron chi connectivity index (χ3n) is 3.95. The van der Waals surface area contributed by atoms with E-state index in [1.807, 2.05) is 19.9 Å². The number of aromatic nitrogens is 3. The van der Waals surface area contributed by atoms with Crippen LogP contribution in [0.1, 0.15) is 35.1 Å². The summed E-state index contributed by atoms with van der Waals surface area (Å²) in [5.41, 5.74) is 2.54. The van der Waals surface area contributed by atoms with Gasteiger partial charge in [0, 0.05) is 23.5 Å². The fraction of sp³-hybridized carbons (Fsp3) is 0.353. The summed E-state index contributed by atoms with van der Waals surface area (Å²) in [4.78, 5) is 24.5. The molecule has 0 saturated heterocycles. The highest BCUT2D eigenvalue weighted by Crippen LogP contribution is 2.18. The van der Waals surface area contributed by atoms with Gasteiger partial charge in [-0.2, -0.15) is 4.68 Å². The van der Waals surface area contributed by atoms with Gasteiger partial charge in [-0.1, -0.05) is 6.92 Å². The maximum Gasteiger partial charge on any atom is 0.437 e. The van der Waals surface area contributed by atoms with Gasteiger partial charge in [-0.3, -0.25) is 4.79 Å². The van der Waals surface area contributed by atoms with Crippen LogP contribution in [0.3, 0.4) is 0 Å². The van der Waals surface area contributed by atoms with Crippen molar-refractivity contribution < 1.29 is 13.6 Å². The monoisotopic (exact) mass is 329 g/mol. The maximum absolute atomic E-state index is 12.6. The normalized spacial score (nSPS) is 11.1. The van der Waals surface area contributed by atoms with Gasteiger partial charge in [0.2, 0.25) is 0 Å². The molecular weight excluding hydrogens is 310 g/mol. The molecule has 0 aliphatic rings. The van der Waals surface area contributed by atoms with Crippen molar-refractivity contribution in [3.05, 3.63) is 52.0 Å². The van der Waals surface area contributed by atoms with Gasteiger partial charge >= 0.3 is 5.76 Å². The summed E-state index contributed by atoms with van der Waals surface area (Å²) in [6.07, 6.45) is 2.45. The summed E-state index contributed by atoms with van der Waals surface area (Å²) in [7, 11) is 0. The van der Waals surface area contributed by atoms with Crippen LogP contribution in [0.15, 0.2) is 38.1 Å². The van der Waals surface area contributed by atoms with E-state index in [1.165, 1.54) is 6.26 Å². The number of hydrogen-bond acceptors (Lipinski definition) is 5. The molecule has 3 aromatic rings. The number of aryl methyl sites for hydroxylation is 1. The number of carbonyl (C=O) groups excluding carboxylic acids is 1. The molecule has 7 heteroatoms. The van der Waals surface area contributed by atoms with Gasteiger partial charge in [0.15, 0.2) is 11.5 Å². The lowest BCUT2D eigenvalue weighted by atomic mass is 10.1. The minimum atomic E-state index is -0.683. The Morgan fingerprint density at radius 3 is 2.79 bits per heavy atom. The number of Topliss-reactive ketones (excluding diaryl/α,β-unsaturated/α-hetero) is 1. The van der Waals surface area contributed by atoms with Gasteiger partial charge in [0.05, 0.1) is 6.26 Å². The molecule has 0 aliphatic carbocycles. The molecule has 0 aliphatic heterocycles. The van der Waals surface area contributed by atoms with Gasteiger partial charge in [-0.15, -0.1) is 5.10 Å². The maximum atomic E-state index is 12.6. The zero-order chi connectivity index (χ0) is 17.3. The van der Waals surface area contributed by atoms with E-state index < -0.39 is 5.76 Å². The van der Waals surface area contributed by atoms with Crippen LogP contribution in [0, 0.1) is 13.8 Å². The summed E-state index contributed by atoms with van der Waals surface area (Å²) in [6, 6.07) is 5.16. The molecule has 0 fully saturated rings. The summed E-state index contributed by atoms with van der Waals surface area (Å²) < 4.78 is 13.3. The first kappa shape index (κ1) is 16.0. The van der Waals surface area contributed by atoms with Crippen molar-refractivity contribution in [2.45, 2.75) is 40.3 Å². The molecule has 3 aromatic heterocycles. The number of furan rings is 1. The first-order valence-electron chi connectivity index (χ1n) is 7.83. The molecule has 7 nitrogen and oxygen atoms in total. The predicted octanol–water partition coefficient (Wildman–Crippen LogP) is 2.81. The lowest BCUT2D eigenvalue weighted by Gasteiger charge is -2.07. The van der Waals surface area contributed by atoms with E-state index in [0.717, 1.165) is 29.0 Å². The second-order valence-corrected chi connectivity index (χ2v) is 5.67. The number of hydrogen-bond donors (Lipinski definition) is 0. The van der Waals surface area contributed by atoms with Crippen molar-refractivity contribution in [2.24, 2.45) is 0 Å². The Labute approximate surface area is 138 Å². The summed E-state index contributed by atoms with van der Waals surface area (Å²) in [5, 5.41) is 4.03. The summed E-state index contributed by atoms with van der Waals surface area (Å²) in [6.45, 7) is 6.66. The van der Waals surface area contributed by atoms with Crippen molar-refractivity contribution in [2.75, 3.05) is 0 Å². The SMILES string of the molecule is CCCn1c(C)cc(C(=O)Cn2nc(-c3ccco3)oc2=O)c1C. The van der Waals surface area contributed by atoms with E-state index >= 15 is 0 Å². The lowest BCUT2D eigenvalue weighted by Crippen LogP contribution is -2.22. The van der Waals surface area contributed by atoms with E-state index in [1.54, 1.807) is 12.1 Å². The van der Waals surface area contributed by atoms with Crippen molar-refractivity contribution in [1.29, 1.82) is 0 Å². The third-order valence-corrected chi connectivity index (χ3v) is 3.95.